The fraction of sp³-hybridized carbons (Fsp3) is 0.286. The van der Waals surface area contributed by atoms with Crippen molar-refractivity contribution in [1.82, 2.24) is 0 Å². The molecule has 1 nitrogen and oxygen atoms in total. The molecule has 0 amide bonds. The van der Waals surface area contributed by atoms with Gasteiger partial charge in [0.1, 0.15) is 0 Å². The van der Waals surface area contributed by atoms with Crippen LogP contribution in [0.4, 0.5) is 0 Å². The molecule has 2 atom stereocenters. The predicted molar refractivity (Wildman–Crippen MR) is 89.8 cm³/mol. The van der Waals surface area contributed by atoms with Crippen LogP contribution in [0.15, 0.2) is 54.6 Å². The first kappa shape index (κ1) is 13.5. The van der Waals surface area contributed by atoms with Crippen LogP contribution < -0.4 is 0 Å². The minimum Gasteiger partial charge on any atom is -0.295 e. The second-order valence-electron chi connectivity index (χ2n) is 6.59. The lowest BCUT2D eigenvalue weighted by molar-refractivity contribution is -0.115. The molecule has 0 aliphatic heterocycles. The fourth-order valence-electron chi connectivity index (χ4n) is 4.08. The molecule has 0 aromatic heterocycles. The van der Waals surface area contributed by atoms with E-state index in [0.29, 0.717) is 18.3 Å². The maximum absolute atomic E-state index is 12.3. The summed E-state index contributed by atoms with van der Waals surface area (Å²) < 4.78 is 0. The maximum Gasteiger partial charge on any atom is 0.156 e. The Morgan fingerprint density at radius 1 is 0.955 bits per heavy atom. The second-order valence-corrected chi connectivity index (χ2v) is 6.59. The molecule has 2 aromatic carbocycles. The van der Waals surface area contributed by atoms with Crippen LogP contribution in [0, 0.1) is 12.8 Å². The van der Waals surface area contributed by atoms with Gasteiger partial charge in [-0.2, -0.15) is 0 Å². The Hall–Kier alpha value is -2.15. The summed E-state index contributed by atoms with van der Waals surface area (Å²) in [5.41, 5.74) is 6.55. The van der Waals surface area contributed by atoms with Crippen LogP contribution in [0.1, 0.15) is 41.0 Å². The first-order valence-electron chi connectivity index (χ1n) is 8.11. The van der Waals surface area contributed by atoms with E-state index in [1.54, 1.807) is 0 Å². The molecule has 110 valence electrons. The van der Waals surface area contributed by atoms with Crippen molar-refractivity contribution in [3.63, 3.8) is 0 Å². The van der Waals surface area contributed by atoms with Crippen molar-refractivity contribution in [2.75, 3.05) is 0 Å². The van der Waals surface area contributed by atoms with Crippen molar-refractivity contribution in [3.05, 3.63) is 76.9 Å². The Labute approximate surface area is 131 Å². The Balaban J connectivity index is 1.78. The van der Waals surface area contributed by atoms with Crippen molar-refractivity contribution >= 4 is 11.4 Å². The SMILES string of the molecule is Cc1ccc(C2=CC(=O)C[C@@H]3c4ccccc4CC[C@@H]23)cc1. The van der Waals surface area contributed by atoms with E-state index in [1.165, 1.54) is 27.8 Å². The molecule has 0 N–H and O–H groups in total. The summed E-state index contributed by atoms with van der Waals surface area (Å²) in [6.45, 7) is 2.10. The van der Waals surface area contributed by atoms with Crippen molar-refractivity contribution < 1.29 is 4.79 Å². The third kappa shape index (κ3) is 2.21. The van der Waals surface area contributed by atoms with Gasteiger partial charge in [-0.1, -0.05) is 54.1 Å². The predicted octanol–water partition coefficient (Wildman–Crippen LogP) is 4.70. The van der Waals surface area contributed by atoms with Crippen LogP contribution in [-0.4, -0.2) is 5.78 Å². The molecule has 0 bridgehead atoms. The van der Waals surface area contributed by atoms with Gasteiger partial charge in [-0.05, 0) is 59.9 Å². The van der Waals surface area contributed by atoms with Gasteiger partial charge in [0.2, 0.25) is 0 Å². The van der Waals surface area contributed by atoms with E-state index in [9.17, 15) is 4.79 Å². The summed E-state index contributed by atoms with van der Waals surface area (Å²) in [6, 6.07) is 17.3. The molecule has 2 aliphatic rings. The highest BCUT2D eigenvalue weighted by atomic mass is 16.1. The standard InChI is InChI=1S/C21H20O/c1-14-6-8-16(9-7-14)20-12-17(22)13-21-18-5-3-2-4-15(18)10-11-19(20)21/h2-9,12,19,21H,10-11,13H2,1H3/t19-,21+/m0/s1. The molecule has 2 aliphatic carbocycles. The van der Waals surface area contributed by atoms with Crippen LogP contribution in [0.5, 0.6) is 0 Å². The summed E-state index contributed by atoms with van der Waals surface area (Å²) in [5.74, 6) is 1.11. The van der Waals surface area contributed by atoms with E-state index < -0.39 is 0 Å². The Morgan fingerprint density at radius 3 is 2.55 bits per heavy atom. The van der Waals surface area contributed by atoms with Gasteiger partial charge in [-0.25, -0.2) is 0 Å². The molecule has 4 rings (SSSR count). The van der Waals surface area contributed by atoms with E-state index in [0.717, 1.165) is 12.8 Å². The topological polar surface area (TPSA) is 17.1 Å². The normalized spacial score (nSPS) is 23.5. The smallest absolute Gasteiger partial charge is 0.156 e. The van der Waals surface area contributed by atoms with E-state index >= 15 is 0 Å². The summed E-state index contributed by atoms with van der Waals surface area (Å²) in [7, 11) is 0. The molecule has 22 heavy (non-hydrogen) atoms. The Bertz CT molecular complexity index is 752. The van der Waals surface area contributed by atoms with Crippen LogP contribution >= 0.6 is 0 Å². The Morgan fingerprint density at radius 2 is 1.73 bits per heavy atom. The van der Waals surface area contributed by atoms with Crippen LogP contribution in [-0.2, 0) is 11.2 Å². The zero-order valence-electron chi connectivity index (χ0n) is 12.9. The average molecular weight is 288 g/mol. The molecule has 0 spiro atoms. The highest BCUT2D eigenvalue weighted by molar-refractivity contribution is 6.00. The fourth-order valence-corrected chi connectivity index (χ4v) is 4.08. The number of benzene rings is 2. The molecule has 0 radical (unpaired) electrons. The van der Waals surface area contributed by atoms with Gasteiger partial charge >= 0.3 is 0 Å². The lowest BCUT2D eigenvalue weighted by atomic mass is 9.66. The third-order valence-corrected chi connectivity index (χ3v) is 5.19. The number of hydrogen-bond acceptors (Lipinski definition) is 1. The van der Waals surface area contributed by atoms with Crippen molar-refractivity contribution in [3.8, 4) is 0 Å². The number of allylic oxidation sites excluding steroid dienone is 2. The first-order valence-corrected chi connectivity index (χ1v) is 8.11. The molecule has 0 saturated carbocycles. The maximum atomic E-state index is 12.3. The highest BCUT2D eigenvalue weighted by Gasteiger charge is 2.36. The van der Waals surface area contributed by atoms with Gasteiger partial charge < -0.3 is 0 Å². The molecule has 0 saturated heterocycles. The number of hydrogen-bond donors (Lipinski definition) is 0. The molecule has 0 fully saturated rings. The lowest BCUT2D eigenvalue weighted by Crippen LogP contribution is -2.27. The monoisotopic (exact) mass is 288 g/mol. The quantitative estimate of drug-likeness (QED) is 0.743. The number of ketones is 1. The number of rotatable bonds is 1. The molecule has 0 heterocycles. The van der Waals surface area contributed by atoms with E-state index in [1.807, 2.05) is 6.08 Å². The van der Waals surface area contributed by atoms with Crippen molar-refractivity contribution in [2.45, 2.75) is 32.1 Å². The van der Waals surface area contributed by atoms with E-state index in [4.69, 9.17) is 0 Å². The number of fused-ring (bicyclic) bond motifs is 3. The van der Waals surface area contributed by atoms with Gasteiger partial charge in [0, 0.05) is 6.42 Å². The van der Waals surface area contributed by atoms with Gasteiger partial charge in [0.15, 0.2) is 5.78 Å². The van der Waals surface area contributed by atoms with Crippen molar-refractivity contribution in [2.24, 2.45) is 5.92 Å². The zero-order chi connectivity index (χ0) is 15.1. The summed E-state index contributed by atoms with van der Waals surface area (Å²) in [4.78, 5) is 12.3. The summed E-state index contributed by atoms with van der Waals surface area (Å²) >= 11 is 0. The van der Waals surface area contributed by atoms with Crippen LogP contribution in [0.3, 0.4) is 0 Å². The summed E-state index contributed by atoms with van der Waals surface area (Å²) in [6.07, 6.45) is 4.83. The molecule has 2 aromatic rings. The number of carbonyl (C=O) groups excluding carboxylic acids is 1. The second kappa shape index (κ2) is 5.24. The average Bonchev–Trinajstić information content (AvgIpc) is 2.55. The van der Waals surface area contributed by atoms with Gasteiger partial charge in [-0.15, -0.1) is 0 Å². The van der Waals surface area contributed by atoms with E-state index in [-0.39, 0.29) is 5.78 Å². The highest BCUT2D eigenvalue weighted by Crippen LogP contribution is 2.47. The van der Waals surface area contributed by atoms with Gasteiger partial charge in [0.05, 0.1) is 0 Å². The largest absolute Gasteiger partial charge is 0.295 e. The van der Waals surface area contributed by atoms with Gasteiger partial charge in [0.25, 0.3) is 0 Å². The van der Waals surface area contributed by atoms with Crippen LogP contribution in [0.25, 0.3) is 5.57 Å². The van der Waals surface area contributed by atoms with E-state index in [2.05, 4.69) is 55.5 Å². The number of aryl methyl sites for hydroxylation is 2. The minimum atomic E-state index is 0.272. The molecule has 0 unspecified atom stereocenters. The number of carbonyl (C=O) groups is 1. The lowest BCUT2D eigenvalue weighted by Gasteiger charge is -2.37. The molecular weight excluding hydrogens is 268 g/mol. The van der Waals surface area contributed by atoms with Crippen molar-refractivity contribution in [1.29, 1.82) is 0 Å². The zero-order valence-corrected chi connectivity index (χ0v) is 12.9. The molecular formula is C21H20O. The third-order valence-electron chi connectivity index (χ3n) is 5.19. The van der Waals surface area contributed by atoms with Crippen LogP contribution in [0.2, 0.25) is 0 Å². The molecule has 1 heteroatoms. The Kier molecular flexibility index (Phi) is 3.22. The van der Waals surface area contributed by atoms with Gasteiger partial charge in [-0.3, -0.25) is 4.79 Å². The summed E-state index contributed by atoms with van der Waals surface area (Å²) in [5, 5.41) is 0. The first-order chi connectivity index (χ1) is 10.7. The minimum absolute atomic E-state index is 0.272.